The highest BCUT2D eigenvalue weighted by atomic mass is 16.5. The number of hydrogen-bond donors (Lipinski definition) is 1. The van der Waals surface area contributed by atoms with Crippen LogP contribution in [0.3, 0.4) is 0 Å². The van der Waals surface area contributed by atoms with Gasteiger partial charge < -0.3 is 10.1 Å². The molecule has 8 nitrogen and oxygen atoms in total. The van der Waals surface area contributed by atoms with Crippen molar-refractivity contribution in [3.63, 3.8) is 0 Å². The third-order valence-corrected chi connectivity index (χ3v) is 7.14. The average Bonchev–Trinajstić information content (AvgIpc) is 3.21. The fraction of sp³-hybridized carbons (Fsp3) is 0.520. The van der Waals surface area contributed by atoms with Gasteiger partial charge in [-0.25, -0.2) is 4.79 Å². The Morgan fingerprint density at radius 2 is 1.82 bits per heavy atom. The predicted molar refractivity (Wildman–Crippen MR) is 124 cm³/mol. The molecule has 0 spiro atoms. The van der Waals surface area contributed by atoms with Crippen molar-refractivity contribution in [3.05, 3.63) is 46.8 Å². The lowest BCUT2D eigenvalue weighted by Crippen LogP contribution is -2.65. The van der Waals surface area contributed by atoms with E-state index >= 15 is 0 Å². The third-order valence-electron chi connectivity index (χ3n) is 7.14. The van der Waals surface area contributed by atoms with E-state index in [1.165, 1.54) is 17.9 Å². The molecule has 0 saturated heterocycles. The zero-order valence-corrected chi connectivity index (χ0v) is 20.0. The van der Waals surface area contributed by atoms with E-state index in [1.54, 1.807) is 11.8 Å². The van der Waals surface area contributed by atoms with Gasteiger partial charge in [0.2, 0.25) is 5.91 Å². The van der Waals surface area contributed by atoms with E-state index in [0.717, 1.165) is 36.8 Å². The fourth-order valence-electron chi connectivity index (χ4n) is 4.80. The number of fused-ring (bicyclic) bond motifs is 1. The predicted octanol–water partition coefficient (Wildman–Crippen LogP) is 3.40. The topological polar surface area (TPSA) is 93.5 Å². The minimum atomic E-state index is -1.21. The molecule has 4 rings (SSSR count). The van der Waals surface area contributed by atoms with E-state index in [0.29, 0.717) is 11.6 Å². The SMILES string of the molecule is COC(=O)c1cc2n(n1)CC(C)(C(=O)NC1CCC(C)CC1)N(c1ccc(C)c(C)c1)C2=O. The summed E-state index contributed by atoms with van der Waals surface area (Å²) in [4.78, 5) is 41.1. The van der Waals surface area contributed by atoms with Gasteiger partial charge in [-0.1, -0.05) is 13.0 Å². The van der Waals surface area contributed by atoms with Crippen molar-refractivity contribution in [2.75, 3.05) is 12.0 Å². The number of aryl methyl sites for hydroxylation is 2. The van der Waals surface area contributed by atoms with E-state index in [-0.39, 0.29) is 35.8 Å². The van der Waals surface area contributed by atoms with Gasteiger partial charge in [0.15, 0.2) is 5.69 Å². The summed E-state index contributed by atoms with van der Waals surface area (Å²) < 4.78 is 6.23. The molecule has 0 radical (unpaired) electrons. The summed E-state index contributed by atoms with van der Waals surface area (Å²) in [5.74, 6) is -0.540. The summed E-state index contributed by atoms with van der Waals surface area (Å²) in [7, 11) is 1.27. The molecule has 33 heavy (non-hydrogen) atoms. The van der Waals surface area contributed by atoms with Gasteiger partial charge in [-0.15, -0.1) is 0 Å². The first-order valence-electron chi connectivity index (χ1n) is 11.5. The zero-order chi connectivity index (χ0) is 23.9. The summed E-state index contributed by atoms with van der Waals surface area (Å²) in [6.07, 6.45) is 4.01. The summed E-state index contributed by atoms with van der Waals surface area (Å²) in [5, 5.41) is 7.48. The number of methoxy groups -OCH3 is 1. The fourth-order valence-corrected chi connectivity index (χ4v) is 4.80. The van der Waals surface area contributed by atoms with Crippen molar-refractivity contribution in [3.8, 4) is 0 Å². The van der Waals surface area contributed by atoms with Crippen molar-refractivity contribution < 1.29 is 19.1 Å². The number of benzene rings is 1. The van der Waals surface area contributed by atoms with E-state index in [4.69, 9.17) is 4.74 Å². The minimum Gasteiger partial charge on any atom is -0.464 e. The highest BCUT2D eigenvalue weighted by Crippen LogP contribution is 2.34. The van der Waals surface area contributed by atoms with Crippen LogP contribution >= 0.6 is 0 Å². The van der Waals surface area contributed by atoms with Crippen molar-refractivity contribution >= 4 is 23.5 Å². The normalized spacial score (nSPS) is 24.9. The van der Waals surface area contributed by atoms with Crippen LogP contribution in [0.5, 0.6) is 0 Å². The molecule has 1 aliphatic carbocycles. The number of esters is 1. The number of rotatable bonds is 4. The lowest BCUT2D eigenvalue weighted by Gasteiger charge is -2.44. The van der Waals surface area contributed by atoms with Crippen molar-refractivity contribution in [2.45, 2.75) is 71.5 Å². The van der Waals surface area contributed by atoms with Crippen LogP contribution in [0.25, 0.3) is 0 Å². The summed E-state index contributed by atoms with van der Waals surface area (Å²) in [6, 6.07) is 7.26. The maximum absolute atomic E-state index is 13.7. The Kier molecular flexibility index (Phi) is 6.03. The molecule has 2 aromatic rings. The van der Waals surface area contributed by atoms with Gasteiger partial charge in [0, 0.05) is 17.8 Å². The highest BCUT2D eigenvalue weighted by Gasteiger charge is 2.49. The van der Waals surface area contributed by atoms with Crippen LogP contribution in [0, 0.1) is 19.8 Å². The Bertz CT molecular complexity index is 1100. The van der Waals surface area contributed by atoms with Crippen LogP contribution in [0.2, 0.25) is 0 Å². The first-order chi connectivity index (χ1) is 15.6. The van der Waals surface area contributed by atoms with Gasteiger partial charge in [0.05, 0.1) is 13.7 Å². The summed E-state index contributed by atoms with van der Waals surface area (Å²) >= 11 is 0. The second-order valence-corrected chi connectivity index (χ2v) is 9.68. The van der Waals surface area contributed by atoms with Crippen molar-refractivity contribution in [1.82, 2.24) is 15.1 Å². The molecule has 8 heteroatoms. The molecule has 1 aromatic carbocycles. The maximum Gasteiger partial charge on any atom is 0.358 e. The Hall–Kier alpha value is -3.16. The largest absolute Gasteiger partial charge is 0.464 e. The number of ether oxygens (including phenoxy) is 1. The van der Waals surface area contributed by atoms with E-state index in [2.05, 4.69) is 17.3 Å². The highest BCUT2D eigenvalue weighted by molar-refractivity contribution is 6.12. The molecular formula is C25H32N4O4. The van der Waals surface area contributed by atoms with Crippen LogP contribution in [0.4, 0.5) is 5.69 Å². The van der Waals surface area contributed by atoms with Gasteiger partial charge in [-0.3, -0.25) is 19.2 Å². The van der Waals surface area contributed by atoms with Crippen LogP contribution in [-0.4, -0.2) is 46.3 Å². The number of carbonyl (C=O) groups excluding carboxylic acids is 3. The minimum absolute atomic E-state index is 0.0480. The number of hydrogen-bond acceptors (Lipinski definition) is 5. The zero-order valence-electron chi connectivity index (χ0n) is 20.0. The molecule has 0 bridgehead atoms. The molecule has 176 valence electrons. The molecule has 2 amide bonds. The summed E-state index contributed by atoms with van der Waals surface area (Å²) in [6.45, 7) is 8.12. The van der Waals surface area contributed by atoms with Gasteiger partial charge in [-0.2, -0.15) is 5.10 Å². The second-order valence-electron chi connectivity index (χ2n) is 9.68. The number of nitrogens with zero attached hydrogens (tertiary/aromatic N) is 3. The average molecular weight is 453 g/mol. The molecule has 2 heterocycles. The van der Waals surface area contributed by atoms with Crippen molar-refractivity contribution in [1.29, 1.82) is 0 Å². The third kappa shape index (κ3) is 4.14. The van der Waals surface area contributed by atoms with Gasteiger partial charge in [-0.05, 0) is 75.6 Å². The van der Waals surface area contributed by atoms with E-state index in [1.807, 2.05) is 32.0 Å². The Morgan fingerprint density at radius 1 is 1.12 bits per heavy atom. The first-order valence-corrected chi connectivity index (χ1v) is 11.5. The molecule has 1 fully saturated rings. The standard InChI is InChI=1S/C25H32N4O4/c1-15-6-9-18(10-7-15)26-24(32)25(4)14-28-21(13-20(27-28)23(31)33-5)22(30)29(25)19-11-8-16(2)17(3)12-19/h8,11-13,15,18H,6-7,9-10,14H2,1-5H3,(H,26,32). The van der Waals surface area contributed by atoms with Gasteiger partial charge in [0.1, 0.15) is 11.2 Å². The number of nitrogens with one attached hydrogen (secondary N) is 1. The molecule has 2 aliphatic rings. The Morgan fingerprint density at radius 3 is 2.45 bits per heavy atom. The molecule has 1 unspecified atom stereocenters. The monoisotopic (exact) mass is 452 g/mol. The van der Waals surface area contributed by atoms with E-state index in [9.17, 15) is 14.4 Å². The lowest BCUT2D eigenvalue weighted by atomic mass is 9.86. The Labute approximate surface area is 194 Å². The summed E-state index contributed by atoms with van der Waals surface area (Å²) in [5.41, 5.74) is 1.86. The molecule has 1 saturated carbocycles. The van der Waals surface area contributed by atoms with Crippen LogP contribution in [-0.2, 0) is 16.1 Å². The van der Waals surface area contributed by atoms with Gasteiger partial charge in [0.25, 0.3) is 5.91 Å². The Balaban J connectivity index is 1.75. The van der Waals surface area contributed by atoms with Crippen molar-refractivity contribution in [2.24, 2.45) is 5.92 Å². The van der Waals surface area contributed by atoms with Gasteiger partial charge >= 0.3 is 5.97 Å². The molecule has 1 N–H and O–H groups in total. The number of anilines is 1. The second kappa shape index (κ2) is 8.65. The number of aromatic nitrogens is 2. The maximum atomic E-state index is 13.7. The van der Waals surface area contributed by atoms with Crippen LogP contribution in [0.1, 0.15) is 71.6 Å². The van der Waals surface area contributed by atoms with E-state index < -0.39 is 11.5 Å². The van der Waals surface area contributed by atoms with Crippen LogP contribution in [0.15, 0.2) is 24.3 Å². The molecular weight excluding hydrogens is 420 g/mol. The molecule has 1 atom stereocenters. The number of carbonyl (C=O) groups is 3. The lowest BCUT2D eigenvalue weighted by molar-refractivity contribution is -0.127. The first kappa shape index (κ1) is 23.0. The smallest absolute Gasteiger partial charge is 0.358 e. The number of amides is 2. The molecule has 1 aromatic heterocycles. The quantitative estimate of drug-likeness (QED) is 0.718. The molecule has 1 aliphatic heterocycles. The van der Waals surface area contributed by atoms with Crippen LogP contribution < -0.4 is 10.2 Å².